The van der Waals surface area contributed by atoms with Gasteiger partial charge in [0.25, 0.3) is 22.2 Å². The smallest absolute Gasteiger partial charge is 0.266 e. The third-order valence-electron chi connectivity index (χ3n) is 4.20. The van der Waals surface area contributed by atoms with Gasteiger partial charge in [0.2, 0.25) is 0 Å². The molecule has 0 bridgehead atoms. The number of fused-ring (bicyclic) bond motifs is 2. The molecule has 7 nitrogen and oxygen atoms in total. The third-order valence-corrected chi connectivity index (χ3v) is 4.20. The molecule has 0 aliphatic carbocycles. The SMILES string of the molecule is Cn1c(=O)c2cc3c(=O)n(-c4ccc(O)cc4)c(=O)c3cc2c1=O. The number of aromatic nitrogens is 2. The van der Waals surface area contributed by atoms with Crippen molar-refractivity contribution < 1.29 is 5.11 Å². The average molecular weight is 322 g/mol. The average Bonchev–Trinajstić information content (AvgIpc) is 2.94. The Labute approximate surface area is 132 Å². The number of nitrogens with zero attached hydrogens (tertiary/aromatic N) is 2. The third kappa shape index (κ3) is 1.66. The number of hydrogen-bond acceptors (Lipinski definition) is 5. The molecule has 4 aromatic rings. The predicted molar refractivity (Wildman–Crippen MR) is 88.9 cm³/mol. The maximum atomic E-state index is 12.6. The van der Waals surface area contributed by atoms with E-state index >= 15 is 0 Å². The molecule has 0 amide bonds. The first kappa shape index (κ1) is 14.1. The molecule has 2 heterocycles. The molecule has 0 saturated heterocycles. The van der Waals surface area contributed by atoms with Crippen LogP contribution in [0.25, 0.3) is 27.2 Å². The predicted octanol–water partition coefficient (Wildman–Crippen LogP) is 0.144. The van der Waals surface area contributed by atoms with Gasteiger partial charge in [-0.3, -0.25) is 23.7 Å². The lowest BCUT2D eigenvalue weighted by Crippen LogP contribution is -2.23. The van der Waals surface area contributed by atoms with Crippen LogP contribution in [0.4, 0.5) is 0 Å². The lowest BCUT2D eigenvalue weighted by Gasteiger charge is -1.99. The van der Waals surface area contributed by atoms with Crippen LogP contribution in [0, 0.1) is 0 Å². The van der Waals surface area contributed by atoms with E-state index in [1.54, 1.807) is 0 Å². The Bertz CT molecular complexity index is 1250. The molecule has 4 rings (SSSR count). The van der Waals surface area contributed by atoms with Gasteiger partial charge in [0.1, 0.15) is 5.75 Å². The zero-order valence-electron chi connectivity index (χ0n) is 12.4. The summed E-state index contributed by atoms with van der Waals surface area (Å²) in [5.41, 5.74) is -1.84. The minimum absolute atomic E-state index is 0.00793. The number of rotatable bonds is 1. The zero-order chi connectivity index (χ0) is 17.2. The van der Waals surface area contributed by atoms with Gasteiger partial charge in [-0.15, -0.1) is 0 Å². The molecule has 0 unspecified atom stereocenters. The first-order valence-corrected chi connectivity index (χ1v) is 7.08. The van der Waals surface area contributed by atoms with Crippen LogP contribution < -0.4 is 22.2 Å². The molecule has 0 aliphatic heterocycles. The summed E-state index contributed by atoms with van der Waals surface area (Å²) in [5.74, 6) is 0.00793. The Hall–Kier alpha value is -3.48. The lowest BCUT2D eigenvalue weighted by molar-refractivity contribution is 0.475. The van der Waals surface area contributed by atoms with E-state index in [1.807, 2.05) is 0 Å². The van der Waals surface area contributed by atoms with Gasteiger partial charge in [-0.1, -0.05) is 0 Å². The highest BCUT2D eigenvalue weighted by molar-refractivity contribution is 5.98. The monoisotopic (exact) mass is 322 g/mol. The lowest BCUT2D eigenvalue weighted by atomic mass is 10.1. The molecular formula is C17H10N2O5. The van der Waals surface area contributed by atoms with Gasteiger partial charge in [0.15, 0.2) is 0 Å². The van der Waals surface area contributed by atoms with Gasteiger partial charge in [-0.25, -0.2) is 4.57 Å². The Morgan fingerprint density at radius 2 is 1.12 bits per heavy atom. The molecule has 0 spiro atoms. The van der Waals surface area contributed by atoms with Crippen LogP contribution in [0.15, 0.2) is 55.6 Å². The normalized spacial score (nSPS) is 11.5. The summed E-state index contributed by atoms with van der Waals surface area (Å²) in [6, 6.07) is 8.20. The van der Waals surface area contributed by atoms with Crippen LogP contribution in [0.1, 0.15) is 0 Å². The maximum Gasteiger partial charge on any atom is 0.266 e. The van der Waals surface area contributed by atoms with E-state index in [4.69, 9.17) is 0 Å². The fourth-order valence-electron chi connectivity index (χ4n) is 2.93. The van der Waals surface area contributed by atoms with E-state index < -0.39 is 22.2 Å². The largest absolute Gasteiger partial charge is 0.508 e. The fourth-order valence-corrected chi connectivity index (χ4v) is 2.93. The summed E-state index contributed by atoms with van der Waals surface area (Å²) in [4.78, 5) is 49.3. The molecule has 7 heteroatoms. The van der Waals surface area contributed by atoms with Gasteiger partial charge >= 0.3 is 0 Å². The van der Waals surface area contributed by atoms with Crippen molar-refractivity contribution in [3.8, 4) is 11.4 Å². The summed E-state index contributed by atoms with van der Waals surface area (Å²) in [5, 5.41) is 9.75. The van der Waals surface area contributed by atoms with Crippen molar-refractivity contribution >= 4 is 21.5 Å². The number of phenolic OH excluding ortho intramolecular Hbond substituents is 1. The second-order valence-electron chi connectivity index (χ2n) is 5.57. The highest BCUT2D eigenvalue weighted by Gasteiger charge is 2.19. The van der Waals surface area contributed by atoms with Gasteiger partial charge in [-0.05, 0) is 36.4 Å². The Morgan fingerprint density at radius 1 is 0.708 bits per heavy atom. The van der Waals surface area contributed by atoms with Crippen molar-refractivity contribution in [1.29, 1.82) is 0 Å². The van der Waals surface area contributed by atoms with Crippen molar-refractivity contribution in [3.63, 3.8) is 0 Å². The van der Waals surface area contributed by atoms with Crippen molar-refractivity contribution in [2.45, 2.75) is 0 Å². The van der Waals surface area contributed by atoms with Crippen molar-refractivity contribution in [2.75, 3.05) is 0 Å². The first-order valence-electron chi connectivity index (χ1n) is 7.08. The molecule has 0 fully saturated rings. The van der Waals surface area contributed by atoms with Crippen LogP contribution in [0.2, 0.25) is 0 Å². The van der Waals surface area contributed by atoms with E-state index in [-0.39, 0.29) is 27.3 Å². The van der Waals surface area contributed by atoms with Gasteiger partial charge < -0.3 is 5.11 Å². The summed E-state index contributed by atoms with van der Waals surface area (Å²) in [6.07, 6.45) is 0. The second-order valence-corrected chi connectivity index (χ2v) is 5.57. The summed E-state index contributed by atoms with van der Waals surface area (Å²) < 4.78 is 1.91. The second kappa shape index (κ2) is 4.51. The molecule has 0 aliphatic rings. The van der Waals surface area contributed by atoms with Crippen molar-refractivity contribution in [2.24, 2.45) is 7.05 Å². The van der Waals surface area contributed by atoms with E-state index in [2.05, 4.69) is 0 Å². The number of aromatic hydroxyl groups is 1. The van der Waals surface area contributed by atoms with Gasteiger partial charge in [0, 0.05) is 7.05 Å². The van der Waals surface area contributed by atoms with Crippen LogP contribution in [0.5, 0.6) is 5.75 Å². The molecule has 2 aromatic carbocycles. The molecule has 118 valence electrons. The van der Waals surface area contributed by atoms with E-state index in [1.165, 1.54) is 43.4 Å². The Kier molecular flexibility index (Phi) is 2.66. The zero-order valence-corrected chi connectivity index (χ0v) is 12.4. The standard InChI is InChI=1S/C17H10N2O5/c1-18-14(21)10-6-12-13(7-11(10)15(18)22)17(24)19(16(12)23)8-2-4-9(20)5-3-8/h2-7,20H,1H3. The summed E-state index contributed by atoms with van der Waals surface area (Å²) in [7, 11) is 1.35. The van der Waals surface area contributed by atoms with Gasteiger partial charge in [0.05, 0.1) is 27.2 Å². The summed E-state index contributed by atoms with van der Waals surface area (Å²) in [6.45, 7) is 0. The van der Waals surface area contributed by atoms with Crippen molar-refractivity contribution in [1.82, 2.24) is 9.13 Å². The maximum absolute atomic E-state index is 12.6. The molecule has 1 N–H and O–H groups in total. The Morgan fingerprint density at radius 3 is 1.58 bits per heavy atom. The molecular weight excluding hydrogens is 312 g/mol. The highest BCUT2D eigenvalue weighted by Crippen LogP contribution is 2.17. The number of hydrogen-bond donors (Lipinski definition) is 1. The van der Waals surface area contributed by atoms with Crippen LogP contribution >= 0.6 is 0 Å². The van der Waals surface area contributed by atoms with Crippen LogP contribution in [-0.2, 0) is 7.05 Å². The van der Waals surface area contributed by atoms with E-state index in [0.717, 1.165) is 9.13 Å². The molecule has 0 radical (unpaired) electrons. The van der Waals surface area contributed by atoms with E-state index in [9.17, 15) is 24.3 Å². The molecule has 2 aromatic heterocycles. The quantitative estimate of drug-likeness (QED) is 0.538. The minimum Gasteiger partial charge on any atom is -0.508 e. The first-order chi connectivity index (χ1) is 11.4. The molecule has 0 atom stereocenters. The highest BCUT2D eigenvalue weighted by atomic mass is 16.3. The topological polar surface area (TPSA) is 98.4 Å². The van der Waals surface area contributed by atoms with Crippen LogP contribution in [-0.4, -0.2) is 14.2 Å². The minimum atomic E-state index is -0.571. The van der Waals surface area contributed by atoms with Gasteiger partial charge in [-0.2, -0.15) is 0 Å². The fraction of sp³-hybridized carbons (Fsp3) is 0.0588. The molecule has 24 heavy (non-hydrogen) atoms. The van der Waals surface area contributed by atoms with E-state index in [0.29, 0.717) is 5.69 Å². The molecule has 0 saturated carbocycles. The van der Waals surface area contributed by atoms with Crippen molar-refractivity contribution in [3.05, 3.63) is 77.8 Å². The number of phenols is 1. The van der Waals surface area contributed by atoms with Crippen LogP contribution in [0.3, 0.4) is 0 Å². The number of benzene rings is 2. The Balaban J connectivity index is 2.18. The summed E-state index contributed by atoms with van der Waals surface area (Å²) >= 11 is 0.